The van der Waals surface area contributed by atoms with Crippen LogP contribution in [0.3, 0.4) is 0 Å². The van der Waals surface area contributed by atoms with Gasteiger partial charge in [0.1, 0.15) is 11.9 Å². The zero-order valence-corrected chi connectivity index (χ0v) is 15.3. The monoisotopic (exact) mass is 394 g/mol. The van der Waals surface area contributed by atoms with Gasteiger partial charge in [-0.15, -0.1) is 0 Å². The van der Waals surface area contributed by atoms with Gasteiger partial charge in [-0.25, -0.2) is 0 Å². The number of aromatic carboxylic acids is 1. The lowest BCUT2D eigenvalue weighted by molar-refractivity contribution is -0.255. The molecule has 3 rings (SSSR count). The van der Waals surface area contributed by atoms with Crippen molar-refractivity contribution < 1.29 is 34.1 Å². The molecule has 1 aromatic rings. The van der Waals surface area contributed by atoms with Gasteiger partial charge in [-0.2, -0.15) is 0 Å². The van der Waals surface area contributed by atoms with Crippen molar-refractivity contribution in [2.45, 2.75) is 46.2 Å². The third-order valence-electron chi connectivity index (χ3n) is 4.96. The average Bonchev–Trinajstić information content (AvgIpc) is 2.54. The number of carboxylic acid groups (broad SMARTS) is 1. The molecule has 2 heterocycles. The molecule has 9 nitrogen and oxygen atoms in total. The molecule has 2 aliphatic rings. The number of amides is 1. The van der Waals surface area contributed by atoms with Crippen molar-refractivity contribution in [1.29, 1.82) is 0 Å². The van der Waals surface area contributed by atoms with Gasteiger partial charge in [0.25, 0.3) is 0 Å². The number of rotatable bonds is 5. The Bertz CT molecular complexity index is 763. The molecule has 4 N–H and O–H groups in total. The van der Waals surface area contributed by atoms with Gasteiger partial charge in [0.2, 0.25) is 5.91 Å². The number of benzene rings is 1. The molecule has 28 heavy (non-hydrogen) atoms. The van der Waals surface area contributed by atoms with Gasteiger partial charge < -0.3 is 40.0 Å². The second-order valence-corrected chi connectivity index (χ2v) is 7.48. The molecule has 0 saturated carbocycles. The second kappa shape index (κ2) is 7.98. The van der Waals surface area contributed by atoms with Crippen molar-refractivity contribution in [2.75, 3.05) is 13.1 Å². The average molecular weight is 394 g/mol. The van der Waals surface area contributed by atoms with E-state index < -0.39 is 24.9 Å². The predicted molar refractivity (Wildman–Crippen MR) is 101 cm³/mol. The highest BCUT2D eigenvalue weighted by Crippen LogP contribution is 2.38. The molecule has 156 valence electrons. The minimum Gasteiger partial charge on any atom is -0.669 e. The maximum absolute atomic E-state index is 12.2. The first-order valence-corrected chi connectivity index (χ1v) is 8.96. The number of fused-ring (bicyclic) bond motifs is 1. The van der Waals surface area contributed by atoms with Gasteiger partial charge in [0.05, 0.1) is 36.4 Å². The van der Waals surface area contributed by atoms with Gasteiger partial charge in [-0.1, -0.05) is 33.7 Å². The van der Waals surface area contributed by atoms with Crippen molar-refractivity contribution >= 4 is 18.6 Å². The molecule has 1 fully saturated rings. The molecule has 0 spiro atoms. The predicted octanol–water partition coefficient (Wildman–Crippen LogP) is -0.882. The maximum Gasteiger partial charge on any atom is 0.430 e. The fourth-order valence-electron chi connectivity index (χ4n) is 3.19. The standard InChI is InChI=1S/C17H24BN2O7.CH4/c1-9(2)14(19)16(21)20-7-11(8-20)26-12-4-3-10-5-6-18(24,25)27-15(10)13(12)17(22)23;/h3-4,9,11,14,24-25H,5-8,19H2,1-2H3,(H,22,23);1H4/q-1;/p-1/t14-;/m1./s1. The van der Waals surface area contributed by atoms with Crippen LogP contribution in [0.1, 0.15) is 37.2 Å². The minimum absolute atomic E-state index is 0. The minimum atomic E-state index is -3.12. The number of nitrogens with two attached hydrogens (primary N) is 1. The topological polar surface area (TPSA) is 145 Å². The van der Waals surface area contributed by atoms with Crippen molar-refractivity contribution in [2.24, 2.45) is 11.7 Å². The SMILES string of the molecule is C.CC(C)[C@@H](N)C(=O)N1CC(Oc2ccc3c(c2C(=O)[O-])O[B-](O)(O)CC3)C1. The molecule has 1 aromatic carbocycles. The highest BCUT2D eigenvalue weighted by atomic mass is 16.6. The van der Waals surface area contributed by atoms with Crippen LogP contribution >= 0.6 is 0 Å². The number of carbonyl (C=O) groups excluding carboxylic acids is 2. The van der Waals surface area contributed by atoms with Crippen LogP contribution in [0.25, 0.3) is 0 Å². The van der Waals surface area contributed by atoms with Crippen LogP contribution < -0.4 is 20.2 Å². The normalized spacial score (nSPS) is 19.0. The molecule has 10 heteroatoms. The summed E-state index contributed by atoms with van der Waals surface area (Å²) in [4.78, 5) is 25.3. The number of carbonyl (C=O) groups is 2. The lowest BCUT2D eigenvalue weighted by Crippen LogP contribution is -2.60. The van der Waals surface area contributed by atoms with Crippen LogP contribution in [0.15, 0.2) is 12.1 Å². The molecule has 0 aromatic heterocycles. The molecule has 1 atom stereocenters. The Labute approximate surface area is 164 Å². The van der Waals surface area contributed by atoms with Crippen LogP contribution in [-0.2, 0) is 11.2 Å². The van der Waals surface area contributed by atoms with Gasteiger partial charge >= 0.3 is 6.75 Å². The molecule has 2 aliphatic heterocycles. The Hall–Kier alpha value is -2.30. The first-order valence-electron chi connectivity index (χ1n) is 8.96. The first kappa shape index (κ1) is 22.0. The number of likely N-dealkylation sites (tertiary alicyclic amines) is 1. The smallest absolute Gasteiger partial charge is 0.430 e. The Morgan fingerprint density at radius 3 is 2.57 bits per heavy atom. The van der Waals surface area contributed by atoms with Gasteiger partial charge in [0, 0.05) is 0 Å². The fourth-order valence-corrected chi connectivity index (χ4v) is 3.19. The van der Waals surface area contributed by atoms with Crippen molar-refractivity contribution in [3.63, 3.8) is 0 Å². The van der Waals surface area contributed by atoms with E-state index in [2.05, 4.69) is 0 Å². The number of aryl methyl sites for hydroxylation is 1. The zero-order chi connectivity index (χ0) is 19.9. The number of carboxylic acids is 1. The van der Waals surface area contributed by atoms with Crippen LogP contribution in [-0.4, -0.2) is 58.8 Å². The van der Waals surface area contributed by atoms with Crippen LogP contribution in [0.4, 0.5) is 0 Å². The molecular formula is C18H27BN2O7-2. The van der Waals surface area contributed by atoms with Gasteiger partial charge in [-0.05, 0) is 24.0 Å². The van der Waals surface area contributed by atoms with Crippen molar-refractivity contribution in [3.05, 3.63) is 23.3 Å². The number of hydrogen-bond donors (Lipinski definition) is 3. The summed E-state index contributed by atoms with van der Waals surface area (Å²) >= 11 is 0. The zero-order valence-electron chi connectivity index (χ0n) is 15.3. The summed E-state index contributed by atoms with van der Waals surface area (Å²) < 4.78 is 10.8. The first-order chi connectivity index (χ1) is 12.6. The number of nitrogens with zero attached hydrogens (tertiary/aromatic N) is 1. The summed E-state index contributed by atoms with van der Waals surface area (Å²) in [7, 11) is 0. The number of ether oxygens (including phenoxy) is 1. The highest BCUT2D eigenvalue weighted by molar-refractivity contribution is 6.59. The lowest BCUT2D eigenvalue weighted by atomic mass is 9.70. The lowest BCUT2D eigenvalue weighted by Gasteiger charge is -2.42. The Morgan fingerprint density at radius 2 is 2.00 bits per heavy atom. The summed E-state index contributed by atoms with van der Waals surface area (Å²) in [6.45, 7) is 1.18. The Morgan fingerprint density at radius 1 is 1.36 bits per heavy atom. The molecule has 1 saturated heterocycles. The van der Waals surface area contributed by atoms with E-state index in [0.29, 0.717) is 5.56 Å². The van der Waals surface area contributed by atoms with E-state index in [1.807, 2.05) is 13.8 Å². The summed E-state index contributed by atoms with van der Waals surface area (Å²) in [5.41, 5.74) is 6.03. The fraction of sp³-hybridized carbons (Fsp3) is 0.556. The quantitative estimate of drug-likeness (QED) is 0.546. The van der Waals surface area contributed by atoms with Crippen molar-refractivity contribution in [1.82, 2.24) is 4.90 Å². The summed E-state index contributed by atoms with van der Waals surface area (Å²) in [5, 5.41) is 31.1. The Balaban J connectivity index is 0.00000280. The summed E-state index contributed by atoms with van der Waals surface area (Å²) in [5.74, 6) is -1.83. The Kier molecular flexibility index (Phi) is 6.27. The van der Waals surface area contributed by atoms with E-state index >= 15 is 0 Å². The molecule has 0 radical (unpaired) electrons. The largest absolute Gasteiger partial charge is 0.669 e. The van der Waals surface area contributed by atoms with E-state index in [0.717, 1.165) is 0 Å². The van der Waals surface area contributed by atoms with E-state index in [1.165, 1.54) is 6.07 Å². The van der Waals surface area contributed by atoms with Crippen LogP contribution in [0.2, 0.25) is 6.32 Å². The molecule has 1 amide bonds. The molecule has 0 aliphatic carbocycles. The van der Waals surface area contributed by atoms with Gasteiger partial charge in [0.15, 0.2) is 0 Å². The summed E-state index contributed by atoms with van der Waals surface area (Å²) in [6, 6.07) is 2.52. The van der Waals surface area contributed by atoms with Gasteiger partial charge in [-0.3, -0.25) is 4.79 Å². The maximum atomic E-state index is 12.2. The number of hydrogen-bond acceptors (Lipinski definition) is 8. The van der Waals surface area contributed by atoms with Crippen LogP contribution in [0.5, 0.6) is 11.5 Å². The summed E-state index contributed by atoms with van der Waals surface area (Å²) in [6.07, 6.45) is -0.149. The van der Waals surface area contributed by atoms with Crippen LogP contribution in [0, 0.1) is 5.92 Å². The van der Waals surface area contributed by atoms with E-state index in [4.69, 9.17) is 15.1 Å². The highest BCUT2D eigenvalue weighted by Gasteiger charge is 2.37. The molecular weight excluding hydrogens is 367 g/mol. The third-order valence-corrected chi connectivity index (χ3v) is 4.96. The van der Waals surface area contributed by atoms with E-state index in [-0.39, 0.29) is 62.1 Å². The van der Waals surface area contributed by atoms with E-state index in [1.54, 1.807) is 11.0 Å². The second-order valence-electron chi connectivity index (χ2n) is 7.48. The van der Waals surface area contributed by atoms with E-state index in [9.17, 15) is 24.7 Å². The third kappa shape index (κ3) is 4.24. The van der Waals surface area contributed by atoms with Crippen molar-refractivity contribution in [3.8, 4) is 11.5 Å². The molecule has 0 bridgehead atoms. The molecule has 0 unspecified atom stereocenters.